The predicted octanol–water partition coefficient (Wildman–Crippen LogP) is 6.64. The third kappa shape index (κ3) is 11.2. The number of nitrogens with zero attached hydrogens (tertiary/aromatic N) is 4. The molecular formula is C28H34N4. The van der Waals surface area contributed by atoms with Crippen LogP contribution in [0.15, 0.2) is 36.9 Å². The molecule has 0 saturated heterocycles. The molecule has 166 valence electrons. The van der Waals surface area contributed by atoms with Crippen LogP contribution in [0.4, 0.5) is 0 Å². The Balaban J connectivity index is 1.78. The van der Waals surface area contributed by atoms with Gasteiger partial charge in [0.25, 0.3) is 0 Å². The van der Waals surface area contributed by atoms with Gasteiger partial charge in [0.05, 0.1) is 11.1 Å². The summed E-state index contributed by atoms with van der Waals surface area (Å²) in [6.45, 7) is 4.45. The summed E-state index contributed by atoms with van der Waals surface area (Å²) in [7, 11) is 0. The van der Waals surface area contributed by atoms with Gasteiger partial charge in [0.15, 0.2) is 11.6 Å². The monoisotopic (exact) mass is 426 g/mol. The van der Waals surface area contributed by atoms with Crippen LogP contribution in [0.25, 0.3) is 12.2 Å². The van der Waals surface area contributed by atoms with E-state index in [1.807, 2.05) is 12.2 Å². The molecule has 2 aromatic heterocycles. The first-order chi connectivity index (χ1) is 15.8. The number of hydrogen-bond acceptors (Lipinski definition) is 4. The van der Waals surface area contributed by atoms with Crippen molar-refractivity contribution in [2.24, 2.45) is 0 Å². The summed E-state index contributed by atoms with van der Waals surface area (Å²) in [6, 6.07) is 0. The Hall–Kier alpha value is -3.24. The SMILES string of the molecule is CCCCCC/C=C/c1ncc(C#CC#Cc2cnc(/C=C/CCCCCC)nc2)cn1. The van der Waals surface area contributed by atoms with Gasteiger partial charge in [0, 0.05) is 24.8 Å². The fourth-order valence-corrected chi connectivity index (χ4v) is 2.94. The van der Waals surface area contributed by atoms with E-state index in [1.165, 1.54) is 51.4 Å². The highest BCUT2D eigenvalue weighted by atomic mass is 14.9. The van der Waals surface area contributed by atoms with Crippen molar-refractivity contribution in [1.29, 1.82) is 0 Å². The highest BCUT2D eigenvalue weighted by molar-refractivity contribution is 5.45. The summed E-state index contributed by atoms with van der Waals surface area (Å²) in [6.07, 6.45) is 27.4. The first-order valence-electron chi connectivity index (χ1n) is 11.8. The van der Waals surface area contributed by atoms with Gasteiger partial charge in [0.1, 0.15) is 0 Å². The molecule has 0 unspecified atom stereocenters. The Kier molecular flexibility index (Phi) is 12.9. The van der Waals surface area contributed by atoms with E-state index in [0.29, 0.717) is 11.6 Å². The van der Waals surface area contributed by atoms with Crippen molar-refractivity contribution < 1.29 is 0 Å². The molecule has 0 aliphatic heterocycles. The lowest BCUT2D eigenvalue weighted by Gasteiger charge is -1.95. The Morgan fingerprint density at radius 3 is 1.38 bits per heavy atom. The highest BCUT2D eigenvalue weighted by Gasteiger charge is 1.93. The van der Waals surface area contributed by atoms with Gasteiger partial charge in [-0.3, -0.25) is 0 Å². The predicted molar refractivity (Wildman–Crippen MR) is 133 cm³/mol. The summed E-state index contributed by atoms with van der Waals surface area (Å²) in [5.41, 5.74) is 1.49. The summed E-state index contributed by atoms with van der Waals surface area (Å²) in [5, 5.41) is 0. The fraction of sp³-hybridized carbons (Fsp3) is 0.429. The van der Waals surface area contributed by atoms with Gasteiger partial charge in [-0.15, -0.1) is 0 Å². The molecule has 2 heterocycles. The summed E-state index contributed by atoms with van der Waals surface area (Å²) in [4.78, 5) is 17.3. The first-order valence-corrected chi connectivity index (χ1v) is 11.8. The van der Waals surface area contributed by atoms with Gasteiger partial charge in [-0.1, -0.05) is 64.5 Å². The van der Waals surface area contributed by atoms with Crippen LogP contribution in [-0.2, 0) is 0 Å². The molecular weight excluding hydrogens is 392 g/mol. The van der Waals surface area contributed by atoms with Crippen molar-refractivity contribution in [3.05, 3.63) is 59.7 Å². The van der Waals surface area contributed by atoms with Crippen LogP contribution in [0, 0.1) is 23.7 Å². The third-order valence-corrected chi connectivity index (χ3v) is 4.80. The van der Waals surface area contributed by atoms with Gasteiger partial charge in [-0.05, 0) is 61.5 Å². The van der Waals surface area contributed by atoms with E-state index in [4.69, 9.17) is 0 Å². The molecule has 0 N–H and O–H groups in total. The molecule has 0 saturated carbocycles. The van der Waals surface area contributed by atoms with E-state index in [0.717, 1.165) is 24.0 Å². The van der Waals surface area contributed by atoms with E-state index < -0.39 is 0 Å². The van der Waals surface area contributed by atoms with Crippen LogP contribution >= 0.6 is 0 Å². The smallest absolute Gasteiger partial charge is 0.151 e. The molecule has 0 bridgehead atoms. The summed E-state index contributed by atoms with van der Waals surface area (Å²) >= 11 is 0. The minimum atomic E-state index is 0.712. The zero-order valence-corrected chi connectivity index (χ0v) is 19.5. The van der Waals surface area contributed by atoms with Gasteiger partial charge in [0.2, 0.25) is 0 Å². The topological polar surface area (TPSA) is 51.6 Å². The lowest BCUT2D eigenvalue weighted by Crippen LogP contribution is -1.88. The largest absolute Gasteiger partial charge is 0.236 e. The van der Waals surface area contributed by atoms with E-state index in [2.05, 4.69) is 69.6 Å². The molecule has 0 aliphatic carbocycles. The van der Waals surface area contributed by atoms with Gasteiger partial charge < -0.3 is 0 Å². The van der Waals surface area contributed by atoms with E-state index in [9.17, 15) is 0 Å². The number of unbranched alkanes of at least 4 members (excludes halogenated alkanes) is 8. The van der Waals surface area contributed by atoms with Crippen molar-refractivity contribution in [1.82, 2.24) is 19.9 Å². The highest BCUT2D eigenvalue weighted by Crippen LogP contribution is 2.06. The second-order valence-corrected chi connectivity index (χ2v) is 7.66. The molecule has 4 heteroatoms. The van der Waals surface area contributed by atoms with Crippen LogP contribution in [0.2, 0.25) is 0 Å². The normalized spacial score (nSPS) is 10.7. The maximum Gasteiger partial charge on any atom is 0.151 e. The average molecular weight is 427 g/mol. The number of aromatic nitrogens is 4. The summed E-state index contributed by atoms with van der Waals surface area (Å²) in [5.74, 6) is 13.0. The quantitative estimate of drug-likeness (QED) is 0.282. The van der Waals surface area contributed by atoms with Crippen molar-refractivity contribution in [2.75, 3.05) is 0 Å². The van der Waals surface area contributed by atoms with Crippen molar-refractivity contribution in [3.63, 3.8) is 0 Å². The maximum absolute atomic E-state index is 4.33. The summed E-state index contributed by atoms with van der Waals surface area (Å²) < 4.78 is 0. The molecule has 4 nitrogen and oxygen atoms in total. The van der Waals surface area contributed by atoms with Gasteiger partial charge >= 0.3 is 0 Å². The minimum absolute atomic E-state index is 0.712. The molecule has 0 amide bonds. The lowest BCUT2D eigenvalue weighted by molar-refractivity contribution is 0.675. The molecule has 0 radical (unpaired) electrons. The van der Waals surface area contributed by atoms with Crippen LogP contribution in [0.5, 0.6) is 0 Å². The Morgan fingerprint density at radius 1 is 0.594 bits per heavy atom. The van der Waals surface area contributed by atoms with Crippen molar-refractivity contribution in [3.8, 4) is 23.7 Å². The van der Waals surface area contributed by atoms with Crippen LogP contribution in [-0.4, -0.2) is 19.9 Å². The molecule has 0 aromatic carbocycles. The van der Waals surface area contributed by atoms with E-state index in [1.54, 1.807) is 24.8 Å². The van der Waals surface area contributed by atoms with E-state index >= 15 is 0 Å². The number of allylic oxidation sites excluding steroid dienone is 2. The number of hydrogen-bond donors (Lipinski definition) is 0. The molecule has 0 spiro atoms. The second-order valence-electron chi connectivity index (χ2n) is 7.66. The average Bonchev–Trinajstić information content (AvgIpc) is 2.83. The van der Waals surface area contributed by atoms with E-state index in [-0.39, 0.29) is 0 Å². The first kappa shape index (κ1) is 25.0. The number of rotatable bonds is 12. The van der Waals surface area contributed by atoms with Crippen LogP contribution < -0.4 is 0 Å². The lowest BCUT2D eigenvalue weighted by atomic mass is 10.1. The molecule has 0 atom stereocenters. The molecule has 2 aromatic rings. The van der Waals surface area contributed by atoms with Crippen molar-refractivity contribution >= 4 is 12.2 Å². The second kappa shape index (κ2) is 16.5. The van der Waals surface area contributed by atoms with Gasteiger partial charge in [-0.2, -0.15) is 0 Å². The third-order valence-electron chi connectivity index (χ3n) is 4.80. The Bertz CT molecular complexity index is 867. The maximum atomic E-state index is 4.33. The fourth-order valence-electron chi connectivity index (χ4n) is 2.94. The zero-order chi connectivity index (χ0) is 22.7. The minimum Gasteiger partial charge on any atom is -0.236 e. The Labute approximate surface area is 193 Å². The molecule has 2 rings (SSSR count). The zero-order valence-electron chi connectivity index (χ0n) is 19.5. The standard InChI is InChI=1S/C28H34N4/c1-3-5-7-9-11-13-19-27-29-21-25(22-30-27)17-15-16-18-26-23-31-28(32-24-26)20-14-12-10-8-6-4-2/h13-14,19-24H,3-12H2,1-2H3/b19-13+,20-14+. The Morgan fingerprint density at radius 2 is 1.00 bits per heavy atom. The molecule has 0 fully saturated rings. The molecule has 0 aliphatic rings. The molecule has 32 heavy (non-hydrogen) atoms. The van der Waals surface area contributed by atoms with Gasteiger partial charge in [-0.25, -0.2) is 19.9 Å². The van der Waals surface area contributed by atoms with Crippen LogP contribution in [0.3, 0.4) is 0 Å². The van der Waals surface area contributed by atoms with Crippen molar-refractivity contribution in [2.45, 2.75) is 78.1 Å². The van der Waals surface area contributed by atoms with Crippen LogP contribution in [0.1, 0.15) is 101 Å².